The topological polar surface area (TPSA) is 110 Å². The van der Waals surface area contributed by atoms with Gasteiger partial charge in [0.15, 0.2) is 5.01 Å². The van der Waals surface area contributed by atoms with E-state index < -0.39 is 17.6 Å². The number of methoxy groups -OCH3 is 2. The Labute approximate surface area is 242 Å². The van der Waals surface area contributed by atoms with Gasteiger partial charge in [-0.3, -0.25) is 0 Å². The van der Waals surface area contributed by atoms with E-state index in [-0.39, 0.29) is 41.8 Å². The molecule has 4 heterocycles. The van der Waals surface area contributed by atoms with Crippen LogP contribution in [0.5, 0.6) is 11.1 Å². The van der Waals surface area contributed by atoms with E-state index in [0.717, 1.165) is 18.6 Å². The Balaban J connectivity index is 1.27. The van der Waals surface area contributed by atoms with E-state index in [4.69, 9.17) is 18.9 Å². The highest BCUT2D eigenvalue weighted by atomic mass is 32.1. The largest absolute Gasteiger partial charge is 0.472 e. The maximum Gasteiger partial charge on any atom is 0.337 e. The molecule has 0 saturated carbocycles. The molecule has 3 aromatic heterocycles. The molecule has 0 amide bonds. The number of fused-ring (bicyclic) bond motifs is 1. The molecule has 0 aliphatic carbocycles. The molecule has 0 N–H and O–H groups in total. The van der Waals surface area contributed by atoms with Crippen LogP contribution in [0.1, 0.15) is 33.2 Å². The van der Waals surface area contributed by atoms with Crippen LogP contribution in [-0.4, -0.2) is 57.6 Å². The summed E-state index contributed by atoms with van der Waals surface area (Å²) in [6, 6.07) is 12.2. The quantitative estimate of drug-likeness (QED) is 0.207. The zero-order valence-corrected chi connectivity index (χ0v) is 23.5. The molecule has 0 spiro atoms. The monoisotopic (exact) mass is 593 g/mol. The van der Waals surface area contributed by atoms with Crippen molar-refractivity contribution in [2.75, 3.05) is 20.8 Å². The number of hydrogen-bond acceptors (Lipinski definition) is 10. The van der Waals surface area contributed by atoms with Gasteiger partial charge in [0.1, 0.15) is 24.1 Å². The molecule has 1 aliphatic heterocycles. The number of esters is 1. The number of carbonyl (C=O) groups is 1. The van der Waals surface area contributed by atoms with Gasteiger partial charge in [-0.1, -0.05) is 22.5 Å². The SMILES string of the molecule is COC(=O)c1ccc2nc(Cc3cc(F)c(-c4cccc(OCc5nnc(OC)s5)n4)cc3F)n(C[C@@H]3CCO3)c2c1. The van der Waals surface area contributed by atoms with Crippen LogP contribution in [0.2, 0.25) is 0 Å². The summed E-state index contributed by atoms with van der Waals surface area (Å²) in [5.41, 5.74) is 2.04. The Morgan fingerprint density at radius 1 is 1.10 bits per heavy atom. The standard InChI is InChI=1S/C29H25F2N5O5S/c1-38-28(37)16-6-7-23-24(11-16)36(14-18-8-9-40-18)25(32-23)12-17-10-21(31)19(13-20(17)30)22-4-3-5-26(33-22)41-15-27-34-35-29(39-2)42-27/h3-7,10-11,13,18H,8-9,12,14-15H2,1-2H3/t18-/m0/s1. The zero-order chi connectivity index (χ0) is 29.2. The van der Waals surface area contributed by atoms with Gasteiger partial charge in [0.25, 0.3) is 5.19 Å². The van der Waals surface area contributed by atoms with Gasteiger partial charge in [0.2, 0.25) is 5.88 Å². The molecule has 42 heavy (non-hydrogen) atoms. The number of nitrogens with zero attached hydrogens (tertiary/aromatic N) is 5. The maximum atomic E-state index is 15.5. The molecule has 1 aliphatic rings. The molecule has 216 valence electrons. The zero-order valence-electron chi connectivity index (χ0n) is 22.7. The fourth-order valence-corrected chi connectivity index (χ4v) is 5.20. The fourth-order valence-electron chi connectivity index (χ4n) is 4.64. The minimum absolute atomic E-state index is 0.00150. The van der Waals surface area contributed by atoms with Crippen molar-refractivity contribution in [1.82, 2.24) is 24.7 Å². The number of halogens is 2. The molecule has 0 radical (unpaired) electrons. The van der Waals surface area contributed by atoms with Gasteiger partial charge in [0, 0.05) is 24.7 Å². The fraction of sp³-hybridized carbons (Fsp3) is 0.276. The predicted molar refractivity (Wildman–Crippen MR) is 149 cm³/mol. The first-order valence-electron chi connectivity index (χ1n) is 13.1. The average molecular weight is 594 g/mol. The summed E-state index contributed by atoms with van der Waals surface area (Å²) in [6.07, 6.45) is 0.874. The number of hydrogen-bond donors (Lipinski definition) is 0. The number of benzene rings is 2. The molecule has 0 unspecified atom stereocenters. The number of imidazole rings is 1. The Kier molecular flexibility index (Phi) is 7.76. The Hall–Kier alpha value is -4.49. The van der Waals surface area contributed by atoms with Crippen LogP contribution in [-0.2, 0) is 29.0 Å². The van der Waals surface area contributed by atoms with Crippen molar-refractivity contribution in [2.24, 2.45) is 0 Å². The molecule has 1 saturated heterocycles. The van der Waals surface area contributed by atoms with Crippen molar-refractivity contribution in [3.8, 4) is 22.3 Å². The Morgan fingerprint density at radius 2 is 1.95 bits per heavy atom. The summed E-state index contributed by atoms with van der Waals surface area (Å²) < 4.78 is 54.0. The van der Waals surface area contributed by atoms with Crippen molar-refractivity contribution < 1.29 is 32.5 Å². The summed E-state index contributed by atoms with van der Waals surface area (Å²) >= 11 is 1.23. The molecule has 13 heteroatoms. The first kappa shape index (κ1) is 27.7. The molecule has 1 fully saturated rings. The normalized spacial score (nSPS) is 14.5. The van der Waals surface area contributed by atoms with Gasteiger partial charge in [0.05, 0.1) is 49.2 Å². The van der Waals surface area contributed by atoms with Crippen LogP contribution >= 0.6 is 11.3 Å². The molecular formula is C29H25F2N5O5S. The highest BCUT2D eigenvalue weighted by Crippen LogP contribution is 2.29. The third-order valence-corrected chi connectivity index (χ3v) is 7.74. The van der Waals surface area contributed by atoms with E-state index in [0.29, 0.717) is 45.8 Å². The number of rotatable bonds is 10. The Morgan fingerprint density at radius 3 is 2.69 bits per heavy atom. The van der Waals surface area contributed by atoms with Crippen molar-refractivity contribution in [3.05, 3.63) is 82.1 Å². The van der Waals surface area contributed by atoms with Crippen LogP contribution < -0.4 is 9.47 Å². The van der Waals surface area contributed by atoms with Crippen molar-refractivity contribution in [2.45, 2.75) is 32.1 Å². The van der Waals surface area contributed by atoms with Crippen molar-refractivity contribution in [1.29, 1.82) is 0 Å². The lowest BCUT2D eigenvalue weighted by atomic mass is 10.0. The third-order valence-electron chi connectivity index (χ3n) is 6.88. The molecule has 2 aromatic carbocycles. The second-order valence-corrected chi connectivity index (χ2v) is 10.6. The number of aromatic nitrogens is 5. The summed E-state index contributed by atoms with van der Waals surface area (Å²) in [5, 5.41) is 8.80. The van der Waals surface area contributed by atoms with Gasteiger partial charge in [-0.25, -0.2) is 23.5 Å². The smallest absolute Gasteiger partial charge is 0.337 e. The van der Waals surface area contributed by atoms with Crippen molar-refractivity contribution >= 4 is 28.3 Å². The Bertz CT molecular complexity index is 1770. The third kappa shape index (κ3) is 5.65. The predicted octanol–water partition coefficient (Wildman–Crippen LogP) is 4.98. The van der Waals surface area contributed by atoms with E-state index in [9.17, 15) is 4.79 Å². The number of carbonyl (C=O) groups excluding carboxylic acids is 1. The molecule has 1 atom stereocenters. The van der Waals surface area contributed by atoms with Gasteiger partial charge < -0.3 is 23.5 Å². The first-order chi connectivity index (χ1) is 20.4. The second-order valence-electron chi connectivity index (χ2n) is 9.53. The molecule has 6 rings (SSSR count). The average Bonchev–Trinajstić information content (AvgIpc) is 3.59. The summed E-state index contributed by atoms with van der Waals surface area (Å²) in [4.78, 5) is 21.2. The maximum absolute atomic E-state index is 15.5. The highest BCUT2D eigenvalue weighted by Gasteiger charge is 2.24. The van der Waals surface area contributed by atoms with Crippen LogP contribution in [0.25, 0.3) is 22.3 Å². The highest BCUT2D eigenvalue weighted by molar-refractivity contribution is 7.13. The van der Waals surface area contributed by atoms with E-state index in [1.165, 1.54) is 25.6 Å². The lowest BCUT2D eigenvalue weighted by Gasteiger charge is -2.27. The summed E-state index contributed by atoms with van der Waals surface area (Å²) in [7, 11) is 2.81. The van der Waals surface area contributed by atoms with Gasteiger partial charge in [-0.15, -0.1) is 5.10 Å². The minimum atomic E-state index is -0.636. The van der Waals surface area contributed by atoms with Crippen LogP contribution in [0.15, 0.2) is 48.5 Å². The number of ether oxygens (including phenoxy) is 4. The molecule has 5 aromatic rings. The van der Waals surface area contributed by atoms with Crippen LogP contribution in [0.4, 0.5) is 8.78 Å². The van der Waals surface area contributed by atoms with E-state index >= 15 is 8.78 Å². The van der Waals surface area contributed by atoms with Gasteiger partial charge >= 0.3 is 5.97 Å². The molecule has 10 nitrogen and oxygen atoms in total. The minimum Gasteiger partial charge on any atom is -0.472 e. The first-order valence-corrected chi connectivity index (χ1v) is 13.9. The van der Waals surface area contributed by atoms with E-state index in [2.05, 4.69) is 20.2 Å². The van der Waals surface area contributed by atoms with Crippen LogP contribution in [0.3, 0.4) is 0 Å². The number of pyridine rings is 1. The lowest BCUT2D eigenvalue weighted by molar-refractivity contribution is -0.0589. The lowest BCUT2D eigenvalue weighted by Crippen LogP contribution is -2.31. The molecule has 0 bridgehead atoms. The summed E-state index contributed by atoms with van der Waals surface area (Å²) in [5.74, 6) is -0.963. The van der Waals surface area contributed by atoms with E-state index in [1.807, 2.05) is 4.57 Å². The molecular weight excluding hydrogens is 568 g/mol. The second kappa shape index (κ2) is 11.8. The van der Waals surface area contributed by atoms with E-state index in [1.54, 1.807) is 36.4 Å². The van der Waals surface area contributed by atoms with Gasteiger partial charge in [-0.05, 0) is 48.4 Å². The summed E-state index contributed by atoms with van der Waals surface area (Å²) in [6.45, 7) is 1.24. The van der Waals surface area contributed by atoms with Crippen molar-refractivity contribution in [3.63, 3.8) is 0 Å². The van der Waals surface area contributed by atoms with Crippen LogP contribution in [0, 0.1) is 11.6 Å². The van der Waals surface area contributed by atoms with Gasteiger partial charge in [-0.2, -0.15) is 0 Å².